The fraction of sp³-hybridized carbons (Fsp3) is 0.500. The first kappa shape index (κ1) is 21.3. The van der Waals surface area contributed by atoms with E-state index in [0.717, 1.165) is 55.4 Å². The molecule has 0 amide bonds. The zero-order valence-corrected chi connectivity index (χ0v) is 18.2. The van der Waals surface area contributed by atoms with Gasteiger partial charge in [-0.2, -0.15) is 0 Å². The molecule has 0 spiro atoms. The van der Waals surface area contributed by atoms with Crippen LogP contribution in [0, 0.1) is 0 Å². The maximum absolute atomic E-state index is 6.03. The Bertz CT molecular complexity index is 803. The summed E-state index contributed by atoms with van der Waals surface area (Å²) in [6.45, 7) is 6.01. The predicted octanol–water partition coefficient (Wildman–Crippen LogP) is 5.04. The average Bonchev–Trinajstić information content (AvgIpc) is 2.73. The van der Waals surface area contributed by atoms with Crippen LogP contribution < -0.4 is 19.5 Å². The number of benzene rings is 2. The lowest BCUT2D eigenvalue weighted by atomic mass is 9.67. The molecule has 1 aliphatic heterocycles. The first-order chi connectivity index (χ1) is 13.9. The number of rotatable bonds is 8. The number of methoxy groups -OCH3 is 3. The van der Waals surface area contributed by atoms with Crippen molar-refractivity contribution in [3.05, 3.63) is 48.0 Å². The van der Waals surface area contributed by atoms with E-state index in [1.165, 1.54) is 5.56 Å². The molecule has 1 N–H and O–H groups in total. The quantitative estimate of drug-likeness (QED) is 0.674. The summed E-state index contributed by atoms with van der Waals surface area (Å²) < 4.78 is 22.1. The Morgan fingerprint density at radius 1 is 0.931 bits per heavy atom. The molecule has 0 unspecified atom stereocenters. The van der Waals surface area contributed by atoms with E-state index in [0.29, 0.717) is 0 Å². The summed E-state index contributed by atoms with van der Waals surface area (Å²) in [5, 5.41) is 3.56. The lowest BCUT2D eigenvalue weighted by Gasteiger charge is -2.45. The molecular weight excluding hydrogens is 366 g/mol. The molecule has 5 heteroatoms. The van der Waals surface area contributed by atoms with E-state index in [1.807, 2.05) is 18.2 Å². The van der Waals surface area contributed by atoms with Gasteiger partial charge in [-0.3, -0.25) is 0 Å². The van der Waals surface area contributed by atoms with Crippen molar-refractivity contribution in [3.8, 4) is 17.2 Å². The highest BCUT2D eigenvalue weighted by Crippen LogP contribution is 2.44. The van der Waals surface area contributed by atoms with E-state index in [-0.39, 0.29) is 11.0 Å². The van der Waals surface area contributed by atoms with Crippen molar-refractivity contribution in [2.45, 2.75) is 44.1 Å². The summed E-state index contributed by atoms with van der Waals surface area (Å²) in [5.74, 6) is 2.35. The van der Waals surface area contributed by atoms with Crippen LogP contribution in [0.1, 0.15) is 38.7 Å². The van der Waals surface area contributed by atoms with Crippen molar-refractivity contribution >= 4 is 5.69 Å². The Labute approximate surface area is 174 Å². The van der Waals surface area contributed by atoms with Gasteiger partial charge >= 0.3 is 0 Å². The van der Waals surface area contributed by atoms with Crippen molar-refractivity contribution in [1.29, 1.82) is 0 Å². The summed E-state index contributed by atoms with van der Waals surface area (Å²) >= 11 is 0. The van der Waals surface area contributed by atoms with Gasteiger partial charge in [0.25, 0.3) is 0 Å². The molecule has 0 radical (unpaired) electrons. The molecule has 1 atom stereocenters. The van der Waals surface area contributed by atoms with Gasteiger partial charge in [-0.25, -0.2) is 0 Å². The van der Waals surface area contributed by atoms with Gasteiger partial charge in [-0.05, 0) is 62.9 Å². The van der Waals surface area contributed by atoms with Gasteiger partial charge < -0.3 is 24.3 Å². The van der Waals surface area contributed by atoms with Crippen LogP contribution in [0.2, 0.25) is 0 Å². The second kappa shape index (κ2) is 8.95. The van der Waals surface area contributed by atoms with Crippen molar-refractivity contribution in [2.75, 3.05) is 39.8 Å². The summed E-state index contributed by atoms with van der Waals surface area (Å²) in [7, 11) is 5.01. The molecule has 158 valence electrons. The van der Waals surface area contributed by atoms with Crippen molar-refractivity contribution in [3.63, 3.8) is 0 Å². The van der Waals surface area contributed by atoms with Gasteiger partial charge in [0.15, 0.2) is 11.5 Å². The van der Waals surface area contributed by atoms with Gasteiger partial charge in [0.05, 0.1) is 26.9 Å². The van der Waals surface area contributed by atoms with Crippen LogP contribution in [-0.4, -0.2) is 40.1 Å². The third kappa shape index (κ3) is 4.96. The zero-order valence-electron chi connectivity index (χ0n) is 18.2. The molecule has 5 nitrogen and oxygen atoms in total. The van der Waals surface area contributed by atoms with E-state index >= 15 is 0 Å². The Kier molecular flexibility index (Phi) is 6.58. The van der Waals surface area contributed by atoms with E-state index in [4.69, 9.17) is 18.9 Å². The van der Waals surface area contributed by atoms with Crippen LogP contribution in [0.3, 0.4) is 0 Å². The number of nitrogens with one attached hydrogen (secondary N) is 1. The zero-order chi connectivity index (χ0) is 20.9. The van der Waals surface area contributed by atoms with Crippen LogP contribution in [0.4, 0.5) is 5.69 Å². The Balaban J connectivity index is 1.77. The van der Waals surface area contributed by atoms with Crippen LogP contribution in [0.5, 0.6) is 17.2 Å². The smallest absolute Gasteiger partial charge is 0.162 e. The standard InChI is InChI=1S/C24H33NO4/c1-23(2)17-24(13-15-29-23,18-6-9-20(26-3)10-7-18)12-14-25-19-8-11-21(27-4)22(16-19)28-5/h6-11,16,25H,12-15,17H2,1-5H3/t24-/m1/s1. The fourth-order valence-electron chi connectivity index (χ4n) is 4.42. The van der Waals surface area contributed by atoms with Crippen molar-refractivity contribution in [2.24, 2.45) is 0 Å². The highest BCUT2D eigenvalue weighted by molar-refractivity contribution is 5.54. The first-order valence-corrected chi connectivity index (χ1v) is 10.2. The molecule has 3 rings (SSSR count). The molecule has 0 saturated carbocycles. The maximum Gasteiger partial charge on any atom is 0.162 e. The van der Waals surface area contributed by atoms with Crippen molar-refractivity contribution < 1.29 is 18.9 Å². The van der Waals surface area contributed by atoms with E-state index < -0.39 is 0 Å². The Hall–Kier alpha value is -2.40. The van der Waals surface area contributed by atoms with Gasteiger partial charge in [-0.15, -0.1) is 0 Å². The lowest BCUT2D eigenvalue weighted by Crippen LogP contribution is -2.44. The molecule has 0 bridgehead atoms. The number of hydrogen-bond donors (Lipinski definition) is 1. The summed E-state index contributed by atoms with van der Waals surface area (Å²) in [6, 6.07) is 14.5. The third-order valence-electron chi connectivity index (χ3n) is 5.86. The molecule has 2 aromatic rings. The molecule has 1 fully saturated rings. The monoisotopic (exact) mass is 399 g/mol. The largest absolute Gasteiger partial charge is 0.497 e. The summed E-state index contributed by atoms with van der Waals surface area (Å²) in [4.78, 5) is 0. The first-order valence-electron chi connectivity index (χ1n) is 10.2. The van der Waals surface area contributed by atoms with Crippen molar-refractivity contribution in [1.82, 2.24) is 0 Å². The minimum Gasteiger partial charge on any atom is -0.497 e. The molecule has 1 saturated heterocycles. The van der Waals surface area contributed by atoms with E-state index in [2.05, 4.69) is 43.4 Å². The highest BCUT2D eigenvalue weighted by atomic mass is 16.5. The van der Waals surface area contributed by atoms with Crippen LogP contribution >= 0.6 is 0 Å². The minimum absolute atomic E-state index is 0.0670. The lowest BCUT2D eigenvalue weighted by molar-refractivity contribution is -0.0835. The van der Waals surface area contributed by atoms with E-state index in [1.54, 1.807) is 21.3 Å². The second-order valence-corrected chi connectivity index (χ2v) is 8.29. The molecule has 1 aliphatic rings. The molecule has 0 aromatic heterocycles. The molecule has 2 aromatic carbocycles. The van der Waals surface area contributed by atoms with Crippen LogP contribution in [0.15, 0.2) is 42.5 Å². The molecule has 0 aliphatic carbocycles. The normalized spacial score (nSPS) is 20.7. The van der Waals surface area contributed by atoms with Gasteiger partial charge in [0.1, 0.15) is 5.75 Å². The van der Waals surface area contributed by atoms with E-state index in [9.17, 15) is 0 Å². The fourth-order valence-corrected chi connectivity index (χ4v) is 4.42. The highest BCUT2D eigenvalue weighted by Gasteiger charge is 2.41. The summed E-state index contributed by atoms with van der Waals surface area (Å²) in [6.07, 6.45) is 3.01. The predicted molar refractivity (Wildman–Crippen MR) is 117 cm³/mol. The topological polar surface area (TPSA) is 49.0 Å². The van der Waals surface area contributed by atoms with Gasteiger partial charge in [0.2, 0.25) is 0 Å². The van der Waals surface area contributed by atoms with Crippen LogP contribution in [0.25, 0.3) is 0 Å². The van der Waals surface area contributed by atoms with Crippen LogP contribution in [-0.2, 0) is 10.2 Å². The Morgan fingerprint density at radius 2 is 1.66 bits per heavy atom. The number of hydrogen-bond acceptors (Lipinski definition) is 5. The number of ether oxygens (including phenoxy) is 4. The third-order valence-corrected chi connectivity index (χ3v) is 5.86. The number of anilines is 1. The molecular formula is C24H33NO4. The summed E-state index contributed by atoms with van der Waals surface area (Å²) in [5.41, 5.74) is 2.31. The molecule has 29 heavy (non-hydrogen) atoms. The average molecular weight is 400 g/mol. The minimum atomic E-state index is -0.137. The second-order valence-electron chi connectivity index (χ2n) is 8.29. The SMILES string of the molecule is COc1ccc([C@]2(CCNc3ccc(OC)c(OC)c3)CCOC(C)(C)C2)cc1. The van der Waals surface area contributed by atoms with Gasteiger partial charge in [0, 0.05) is 30.3 Å². The molecule has 1 heterocycles. The Morgan fingerprint density at radius 3 is 2.28 bits per heavy atom. The van der Waals surface area contributed by atoms with Gasteiger partial charge in [-0.1, -0.05) is 12.1 Å². The maximum atomic E-state index is 6.03.